The van der Waals surface area contributed by atoms with Crippen molar-refractivity contribution in [2.45, 2.75) is 0 Å². The number of pyridine rings is 2. The molecule has 5 heterocycles. The summed E-state index contributed by atoms with van der Waals surface area (Å²) in [5, 5.41) is 8.66. The molecule has 24 heavy (non-hydrogen) atoms. The van der Waals surface area contributed by atoms with Gasteiger partial charge in [0.25, 0.3) is 5.89 Å². The van der Waals surface area contributed by atoms with Gasteiger partial charge >= 0.3 is 0 Å². The molecule has 1 saturated heterocycles. The highest BCUT2D eigenvalue weighted by Gasteiger charge is 2.14. The number of aromatic nitrogens is 5. The van der Waals surface area contributed by atoms with E-state index in [0.717, 1.165) is 48.7 Å². The molecule has 0 aliphatic carbocycles. The lowest BCUT2D eigenvalue weighted by molar-refractivity contribution is 0.122. The minimum atomic E-state index is 0.400. The second-order valence-corrected chi connectivity index (χ2v) is 5.64. The van der Waals surface area contributed by atoms with Gasteiger partial charge in [-0.15, -0.1) is 10.2 Å². The number of ether oxygens (including phenoxy) is 1. The van der Waals surface area contributed by atoms with Crippen molar-refractivity contribution in [2.75, 3.05) is 31.2 Å². The van der Waals surface area contributed by atoms with Gasteiger partial charge in [-0.3, -0.25) is 4.40 Å². The van der Waals surface area contributed by atoms with E-state index in [1.165, 1.54) is 6.39 Å². The highest BCUT2D eigenvalue weighted by Crippen LogP contribution is 2.24. The standard InChI is InChI=1S/C16H14N6O2/c1-2-14-19-13(16-20-18-10-24-16)9-22(14)15-11(1)7-12(8-17-15)21-3-5-23-6-4-21/h1-2,7-10H,3-6H2. The summed E-state index contributed by atoms with van der Waals surface area (Å²) >= 11 is 0. The second kappa shape index (κ2) is 5.27. The molecule has 0 aromatic carbocycles. The molecule has 0 unspecified atom stereocenters. The molecule has 0 saturated carbocycles. The van der Waals surface area contributed by atoms with Gasteiger partial charge in [0, 0.05) is 24.7 Å². The predicted molar refractivity (Wildman–Crippen MR) is 86.8 cm³/mol. The van der Waals surface area contributed by atoms with E-state index in [1.807, 2.05) is 28.9 Å². The molecule has 0 radical (unpaired) electrons. The zero-order chi connectivity index (χ0) is 15.9. The summed E-state index contributed by atoms with van der Waals surface area (Å²) in [4.78, 5) is 11.5. The quantitative estimate of drug-likeness (QED) is 0.556. The van der Waals surface area contributed by atoms with Crippen molar-refractivity contribution in [3.05, 3.63) is 37.0 Å². The summed E-state index contributed by atoms with van der Waals surface area (Å²) in [7, 11) is 0. The van der Waals surface area contributed by atoms with E-state index in [4.69, 9.17) is 9.15 Å². The fourth-order valence-electron chi connectivity index (χ4n) is 3.02. The van der Waals surface area contributed by atoms with Gasteiger partial charge in [0.1, 0.15) is 17.0 Å². The minimum absolute atomic E-state index is 0.400. The van der Waals surface area contributed by atoms with Crippen LogP contribution >= 0.6 is 0 Å². The Morgan fingerprint density at radius 3 is 2.88 bits per heavy atom. The first-order chi connectivity index (χ1) is 11.9. The zero-order valence-electron chi connectivity index (χ0n) is 12.8. The largest absolute Gasteiger partial charge is 0.422 e. The van der Waals surface area contributed by atoms with E-state index in [-0.39, 0.29) is 0 Å². The average Bonchev–Trinajstić information content (AvgIpc) is 3.31. The summed E-state index contributed by atoms with van der Waals surface area (Å²) in [6, 6.07) is 6.15. The first-order valence-corrected chi connectivity index (χ1v) is 7.75. The van der Waals surface area contributed by atoms with Crippen LogP contribution in [0.15, 0.2) is 41.4 Å². The molecular weight excluding hydrogens is 308 g/mol. The van der Waals surface area contributed by atoms with Crippen molar-refractivity contribution in [3.63, 3.8) is 0 Å². The van der Waals surface area contributed by atoms with Crippen LogP contribution in [0, 0.1) is 0 Å². The summed E-state index contributed by atoms with van der Waals surface area (Å²) < 4.78 is 12.6. The van der Waals surface area contributed by atoms with Crippen LogP contribution in [0.2, 0.25) is 0 Å². The van der Waals surface area contributed by atoms with E-state index in [1.54, 1.807) is 0 Å². The smallest absolute Gasteiger partial charge is 0.267 e. The molecule has 120 valence electrons. The van der Waals surface area contributed by atoms with Crippen molar-refractivity contribution in [3.8, 4) is 11.6 Å². The lowest BCUT2D eigenvalue weighted by Gasteiger charge is -2.28. The molecule has 4 aromatic heterocycles. The monoisotopic (exact) mass is 322 g/mol. The van der Waals surface area contributed by atoms with Crippen LogP contribution < -0.4 is 4.90 Å². The van der Waals surface area contributed by atoms with Gasteiger partial charge in [0.05, 0.1) is 25.1 Å². The van der Waals surface area contributed by atoms with E-state index in [0.29, 0.717) is 11.6 Å². The fraction of sp³-hybridized carbons (Fsp3) is 0.250. The van der Waals surface area contributed by atoms with E-state index in [2.05, 4.69) is 31.1 Å². The Bertz CT molecular complexity index is 1000. The fourth-order valence-corrected chi connectivity index (χ4v) is 3.02. The Morgan fingerprint density at radius 2 is 2.04 bits per heavy atom. The van der Waals surface area contributed by atoms with Gasteiger partial charge in [-0.2, -0.15) is 0 Å². The van der Waals surface area contributed by atoms with Crippen molar-refractivity contribution >= 4 is 22.4 Å². The molecule has 0 N–H and O–H groups in total. The lowest BCUT2D eigenvalue weighted by atomic mass is 10.2. The topological polar surface area (TPSA) is 81.6 Å². The van der Waals surface area contributed by atoms with Crippen molar-refractivity contribution in [1.29, 1.82) is 0 Å². The molecular formula is C16H14N6O2. The average molecular weight is 322 g/mol. The molecule has 4 aromatic rings. The summed E-state index contributed by atoms with van der Waals surface area (Å²) in [5.74, 6) is 0.400. The Hall–Kier alpha value is -3.00. The first kappa shape index (κ1) is 13.4. The van der Waals surface area contributed by atoms with E-state index < -0.39 is 0 Å². The van der Waals surface area contributed by atoms with Crippen LogP contribution in [-0.4, -0.2) is 50.9 Å². The van der Waals surface area contributed by atoms with Gasteiger partial charge in [-0.05, 0) is 18.2 Å². The van der Waals surface area contributed by atoms with Crippen LogP contribution in [-0.2, 0) is 4.74 Å². The molecule has 8 nitrogen and oxygen atoms in total. The van der Waals surface area contributed by atoms with Crippen LogP contribution in [0.3, 0.4) is 0 Å². The second-order valence-electron chi connectivity index (χ2n) is 5.64. The molecule has 0 bridgehead atoms. The Balaban J connectivity index is 1.62. The molecule has 5 rings (SSSR count). The van der Waals surface area contributed by atoms with Crippen LogP contribution in [0.1, 0.15) is 0 Å². The van der Waals surface area contributed by atoms with Crippen molar-refractivity contribution in [1.82, 2.24) is 24.6 Å². The van der Waals surface area contributed by atoms with Crippen LogP contribution in [0.5, 0.6) is 0 Å². The van der Waals surface area contributed by atoms with Gasteiger partial charge < -0.3 is 14.1 Å². The maximum absolute atomic E-state index is 5.41. The number of hydrogen-bond acceptors (Lipinski definition) is 7. The maximum Gasteiger partial charge on any atom is 0.267 e. The van der Waals surface area contributed by atoms with Crippen LogP contribution in [0.4, 0.5) is 5.69 Å². The molecule has 1 aliphatic heterocycles. The number of imidazole rings is 1. The van der Waals surface area contributed by atoms with Crippen molar-refractivity contribution in [2.24, 2.45) is 0 Å². The Kier molecular flexibility index (Phi) is 2.95. The zero-order valence-corrected chi connectivity index (χ0v) is 12.8. The predicted octanol–water partition coefficient (Wildman–Crippen LogP) is 1.77. The van der Waals surface area contributed by atoms with E-state index >= 15 is 0 Å². The minimum Gasteiger partial charge on any atom is -0.422 e. The molecule has 1 fully saturated rings. The summed E-state index contributed by atoms with van der Waals surface area (Å²) in [5.41, 5.74) is 3.39. The number of morpholine rings is 1. The Morgan fingerprint density at radius 1 is 1.12 bits per heavy atom. The molecule has 8 heteroatoms. The molecule has 1 aliphatic rings. The number of rotatable bonds is 2. The third kappa shape index (κ3) is 2.11. The Labute approximate surface area is 136 Å². The van der Waals surface area contributed by atoms with Crippen molar-refractivity contribution < 1.29 is 9.15 Å². The van der Waals surface area contributed by atoms with E-state index in [9.17, 15) is 0 Å². The highest BCUT2D eigenvalue weighted by molar-refractivity contribution is 5.82. The number of nitrogens with zero attached hydrogens (tertiary/aromatic N) is 6. The highest BCUT2D eigenvalue weighted by atomic mass is 16.5. The van der Waals surface area contributed by atoms with Crippen LogP contribution in [0.25, 0.3) is 28.3 Å². The molecule has 0 amide bonds. The number of hydrogen-bond donors (Lipinski definition) is 0. The summed E-state index contributed by atoms with van der Waals surface area (Å²) in [6.45, 7) is 3.29. The van der Waals surface area contributed by atoms with Gasteiger partial charge in [0.2, 0.25) is 6.39 Å². The maximum atomic E-state index is 5.41. The summed E-state index contributed by atoms with van der Waals surface area (Å²) in [6.07, 6.45) is 5.07. The van der Waals surface area contributed by atoms with Gasteiger partial charge in [-0.1, -0.05) is 0 Å². The third-order valence-corrected chi connectivity index (χ3v) is 4.21. The third-order valence-electron chi connectivity index (χ3n) is 4.21. The normalized spacial score (nSPS) is 15.4. The lowest BCUT2D eigenvalue weighted by Crippen LogP contribution is -2.36. The van der Waals surface area contributed by atoms with Gasteiger partial charge in [0.15, 0.2) is 0 Å². The number of fused-ring (bicyclic) bond motifs is 3. The number of anilines is 1. The molecule has 0 atom stereocenters. The van der Waals surface area contributed by atoms with Gasteiger partial charge in [-0.25, -0.2) is 9.97 Å². The SMILES string of the molecule is c1nnc(-c2cn3c(ccc4cc(N5CCOCC5)cnc43)n2)o1. The molecule has 0 spiro atoms. The first-order valence-electron chi connectivity index (χ1n) is 7.75.